The summed E-state index contributed by atoms with van der Waals surface area (Å²) in [5.74, 6) is 1.81. The van der Waals surface area contributed by atoms with Crippen LogP contribution in [0.3, 0.4) is 0 Å². The fraction of sp³-hybridized carbons (Fsp3) is 0.250. The van der Waals surface area contributed by atoms with E-state index in [0.717, 1.165) is 40.3 Å². The van der Waals surface area contributed by atoms with E-state index in [0.29, 0.717) is 17.1 Å². The van der Waals surface area contributed by atoms with Crippen molar-refractivity contribution in [2.75, 3.05) is 12.4 Å². The van der Waals surface area contributed by atoms with Gasteiger partial charge in [0, 0.05) is 16.7 Å². The summed E-state index contributed by atoms with van der Waals surface area (Å²) in [6.07, 6.45) is 1.96. The van der Waals surface area contributed by atoms with Crippen LogP contribution in [0.4, 0.5) is 0 Å². The topological polar surface area (TPSA) is 55.0 Å². The molecule has 2 heterocycles. The van der Waals surface area contributed by atoms with Gasteiger partial charge in [0.2, 0.25) is 0 Å². The molecule has 0 radical (unpaired) electrons. The summed E-state index contributed by atoms with van der Waals surface area (Å²) in [6.45, 7) is 4.81. The lowest BCUT2D eigenvalue weighted by Gasteiger charge is -2.06. The Kier molecular flexibility index (Phi) is 6.55. The van der Waals surface area contributed by atoms with Gasteiger partial charge in [-0.25, -0.2) is 4.98 Å². The van der Waals surface area contributed by atoms with Crippen LogP contribution < -0.4 is 10.3 Å². The molecular weight excluding hydrogens is 412 g/mol. The zero-order valence-electron chi connectivity index (χ0n) is 17.1. The molecule has 0 unspecified atom stereocenters. The van der Waals surface area contributed by atoms with E-state index in [9.17, 15) is 4.79 Å². The number of thioether (sulfide) groups is 1. The van der Waals surface area contributed by atoms with Crippen LogP contribution in [0.5, 0.6) is 5.75 Å². The van der Waals surface area contributed by atoms with Crippen molar-refractivity contribution in [1.82, 2.24) is 9.97 Å². The number of fused-ring (bicyclic) bond motifs is 1. The lowest BCUT2D eigenvalue weighted by Crippen LogP contribution is -2.08. The Morgan fingerprint density at radius 3 is 2.70 bits per heavy atom. The van der Waals surface area contributed by atoms with Crippen molar-refractivity contribution >= 4 is 33.3 Å². The number of nitrogens with one attached hydrogen (secondary N) is 1. The number of nitrogens with zero attached hydrogens (tertiary/aromatic N) is 1. The van der Waals surface area contributed by atoms with Crippen molar-refractivity contribution in [1.29, 1.82) is 0 Å². The molecule has 0 aliphatic rings. The predicted molar refractivity (Wildman–Crippen MR) is 127 cm³/mol. The second-order valence-electron chi connectivity index (χ2n) is 7.29. The first kappa shape index (κ1) is 20.7. The second-order valence-corrected chi connectivity index (χ2v) is 9.23. The first-order chi connectivity index (χ1) is 14.6. The van der Waals surface area contributed by atoms with E-state index < -0.39 is 0 Å². The van der Waals surface area contributed by atoms with Crippen LogP contribution in [-0.4, -0.2) is 22.3 Å². The van der Waals surface area contributed by atoms with E-state index in [2.05, 4.69) is 54.1 Å². The van der Waals surface area contributed by atoms with Crippen LogP contribution >= 0.6 is 23.1 Å². The molecule has 154 valence electrons. The van der Waals surface area contributed by atoms with Crippen LogP contribution in [0.25, 0.3) is 21.3 Å². The van der Waals surface area contributed by atoms with Gasteiger partial charge >= 0.3 is 0 Å². The summed E-state index contributed by atoms with van der Waals surface area (Å²) in [7, 11) is 0. The number of H-pyrrole nitrogens is 1. The maximum Gasteiger partial charge on any atom is 0.260 e. The maximum atomic E-state index is 12.7. The van der Waals surface area contributed by atoms with Gasteiger partial charge in [0.15, 0.2) is 5.16 Å². The third-order valence-electron chi connectivity index (χ3n) is 4.82. The first-order valence-corrected chi connectivity index (χ1v) is 11.9. The highest BCUT2D eigenvalue weighted by Crippen LogP contribution is 2.31. The van der Waals surface area contributed by atoms with Crippen molar-refractivity contribution in [3.05, 3.63) is 75.4 Å². The molecule has 30 heavy (non-hydrogen) atoms. The Bertz CT molecular complexity index is 1200. The Morgan fingerprint density at radius 1 is 1.07 bits per heavy atom. The van der Waals surface area contributed by atoms with Crippen LogP contribution in [-0.2, 0) is 0 Å². The van der Waals surface area contributed by atoms with Crippen LogP contribution in [0.1, 0.15) is 24.0 Å². The lowest BCUT2D eigenvalue weighted by molar-refractivity contribution is 0.309. The molecule has 0 atom stereocenters. The highest BCUT2D eigenvalue weighted by Gasteiger charge is 2.13. The minimum absolute atomic E-state index is 0.0675. The fourth-order valence-electron chi connectivity index (χ4n) is 3.21. The number of unbranched alkanes of at least 4 members (excludes halogenated alkanes) is 1. The normalized spacial score (nSPS) is 11.1. The largest absolute Gasteiger partial charge is 0.494 e. The molecule has 2 aromatic carbocycles. The smallest absolute Gasteiger partial charge is 0.260 e. The predicted octanol–water partition coefficient (Wildman–Crippen LogP) is 6.22. The minimum atomic E-state index is -0.0675. The quantitative estimate of drug-likeness (QED) is 0.202. The van der Waals surface area contributed by atoms with Crippen molar-refractivity contribution in [3.63, 3.8) is 0 Å². The molecule has 2 aromatic heterocycles. The Labute approximate surface area is 184 Å². The molecule has 4 rings (SSSR count). The van der Waals surface area contributed by atoms with Crippen molar-refractivity contribution < 1.29 is 4.74 Å². The van der Waals surface area contributed by atoms with Gasteiger partial charge in [0.05, 0.1) is 12.0 Å². The highest BCUT2D eigenvalue weighted by molar-refractivity contribution is 7.99. The summed E-state index contributed by atoms with van der Waals surface area (Å²) in [5, 5.41) is 3.39. The minimum Gasteiger partial charge on any atom is -0.494 e. The van der Waals surface area contributed by atoms with Crippen LogP contribution in [0.15, 0.2) is 63.9 Å². The SMILES string of the molecule is Cc1ccc(-c2csc3nc(SCCCCOc4cccc(C)c4)[nH]c(=O)c23)cc1. The summed E-state index contributed by atoms with van der Waals surface area (Å²) in [4.78, 5) is 21.1. The van der Waals surface area contributed by atoms with Crippen LogP contribution in [0, 0.1) is 13.8 Å². The summed E-state index contributed by atoms with van der Waals surface area (Å²) in [6, 6.07) is 16.3. The van der Waals surface area contributed by atoms with Gasteiger partial charge in [0.25, 0.3) is 5.56 Å². The summed E-state index contributed by atoms with van der Waals surface area (Å²) in [5.41, 5.74) is 4.34. The molecule has 0 bridgehead atoms. The molecule has 4 nitrogen and oxygen atoms in total. The van der Waals surface area contributed by atoms with E-state index >= 15 is 0 Å². The number of ether oxygens (including phenoxy) is 1. The molecule has 0 aliphatic carbocycles. The van der Waals surface area contributed by atoms with Gasteiger partial charge in [-0.05, 0) is 49.9 Å². The maximum absolute atomic E-state index is 12.7. The zero-order chi connectivity index (χ0) is 20.9. The number of benzene rings is 2. The van der Waals surface area contributed by atoms with E-state index in [-0.39, 0.29) is 5.56 Å². The first-order valence-electron chi connectivity index (χ1n) is 10.0. The van der Waals surface area contributed by atoms with Crippen molar-refractivity contribution in [2.45, 2.75) is 31.8 Å². The number of aromatic nitrogens is 2. The molecule has 6 heteroatoms. The Morgan fingerprint density at radius 2 is 1.90 bits per heavy atom. The number of aryl methyl sites for hydroxylation is 2. The average Bonchev–Trinajstić information content (AvgIpc) is 3.16. The van der Waals surface area contributed by atoms with Gasteiger partial charge < -0.3 is 9.72 Å². The van der Waals surface area contributed by atoms with Gasteiger partial charge in [0.1, 0.15) is 10.6 Å². The van der Waals surface area contributed by atoms with Gasteiger partial charge in [-0.2, -0.15) is 0 Å². The molecule has 4 aromatic rings. The average molecular weight is 437 g/mol. The van der Waals surface area contributed by atoms with Gasteiger partial charge in [-0.15, -0.1) is 11.3 Å². The van der Waals surface area contributed by atoms with E-state index in [1.165, 1.54) is 22.5 Å². The number of hydrogen-bond acceptors (Lipinski definition) is 5. The number of thiophene rings is 1. The number of rotatable bonds is 8. The van der Waals surface area contributed by atoms with Crippen molar-refractivity contribution in [3.8, 4) is 16.9 Å². The molecule has 0 amide bonds. The zero-order valence-corrected chi connectivity index (χ0v) is 18.7. The summed E-state index contributed by atoms with van der Waals surface area (Å²) < 4.78 is 5.79. The molecule has 0 spiro atoms. The molecule has 0 saturated heterocycles. The molecule has 0 fully saturated rings. The molecule has 1 N–H and O–H groups in total. The Balaban J connectivity index is 1.34. The molecule has 0 aliphatic heterocycles. The van der Waals surface area contributed by atoms with E-state index in [1.807, 2.05) is 23.6 Å². The summed E-state index contributed by atoms with van der Waals surface area (Å²) >= 11 is 3.11. The van der Waals surface area contributed by atoms with Gasteiger partial charge in [-0.3, -0.25) is 4.79 Å². The number of aromatic amines is 1. The lowest BCUT2D eigenvalue weighted by atomic mass is 10.1. The van der Waals surface area contributed by atoms with Crippen molar-refractivity contribution in [2.24, 2.45) is 0 Å². The third kappa shape index (κ3) is 4.94. The third-order valence-corrected chi connectivity index (χ3v) is 6.65. The standard InChI is InChI=1S/C24H24N2O2S2/c1-16-8-10-18(11-9-16)20-15-30-23-21(20)22(27)25-24(26-23)29-13-4-3-12-28-19-7-5-6-17(2)14-19/h5-11,14-15H,3-4,12-13H2,1-2H3,(H,25,26,27). The van der Waals surface area contributed by atoms with Gasteiger partial charge in [-0.1, -0.05) is 53.7 Å². The van der Waals surface area contributed by atoms with Crippen LogP contribution in [0.2, 0.25) is 0 Å². The monoisotopic (exact) mass is 436 g/mol. The fourth-order valence-corrected chi connectivity index (χ4v) is 5.08. The molecular formula is C24H24N2O2S2. The second kappa shape index (κ2) is 9.49. The van der Waals surface area contributed by atoms with E-state index in [4.69, 9.17) is 4.74 Å². The molecule has 0 saturated carbocycles. The number of hydrogen-bond donors (Lipinski definition) is 1. The van der Waals surface area contributed by atoms with E-state index in [1.54, 1.807) is 11.8 Å². The Hall–Kier alpha value is -2.57. The highest BCUT2D eigenvalue weighted by atomic mass is 32.2.